The van der Waals surface area contributed by atoms with E-state index in [0.29, 0.717) is 11.1 Å². The average molecular weight is 285 g/mol. The van der Waals surface area contributed by atoms with E-state index in [1.54, 1.807) is 6.07 Å². The van der Waals surface area contributed by atoms with E-state index in [0.717, 1.165) is 32.1 Å². The van der Waals surface area contributed by atoms with Crippen molar-refractivity contribution in [3.05, 3.63) is 35.1 Å². The number of benzene rings is 1. The summed E-state index contributed by atoms with van der Waals surface area (Å²) in [5.41, 5.74) is 6.44. The molecule has 0 atom stereocenters. The van der Waals surface area contributed by atoms with Crippen molar-refractivity contribution in [2.45, 2.75) is 49.7 Å². The third-order valence-corrected chi connectivity index (χ3v) is 5.98. The monoisotopic (exact) mass is 285 g/mol. The van der Waals surface area contributed by atoms with Gasteiger partial charge in [-0.1, -0.05) is 31.4 Å². The van der Waals surface area contributed by atoms with E-state index in [9.17, 15) is 12.8 Å². The summed E-state index contributed by atoms with van der Waals surface area (Å²) in [6, 6.07) is 4.40. The maximum Gasteiger partial charge on any atom is 0.157 e. The van der Waals surface area contributed by atoms with Gasteiger partial charge >= 0.3 is 0 Å². The van der Waals surface area contributed by atoms with Gasteiger partial charge in [-0.3, -0.25) is 0 Å². The van der Waals surface area contributed by atoms with Crippen molar-refractivity contribution in [2.24, 2.45) is 5.73 Å². The van der Waals surface area contributed by atoms with Gasteiger partial charge in [0.2, 0.25) is 0 Å². The van der Waals surface area contributed by atoms with Gasteiger partial charge in [0.15, 0.2) is 9.84 Å². The first-order chi connectivity index (χ1) is 9.03. The van der Waals surface area contributed by atoms with Crippen LogP contribution in [-0.2, 0) is 22.1 Å². The summed E-state index contributed by atoms with van der Waals surface area (Å²) < 4.78 is 38.0. The molecular weight excluding hydrogens is 265 g/mol. The molecule has 2 N–H and O–H groups in total. The zero-order valence-electron chi connectivity index (χ0n) is 10.9. The number of nitrogens with two attached hydrogens (primary N) is 1. The van der Waals surface area contributed by atoms with Crippen LogP contribution in [0.25, 0.3) is 0 Å². The summed E-state index contributed by atoms with van der Waals surface area (Å²) in [4.78, 5) is 0. The highest BCUT2D eigenvalue weighted by Gasteiger charge is 2.27. The van der Waals surface area contributed by atoms with Crippen molar-refractivity contribution >= 4 is 9.84 Å². The zero-order chi connectivity index (χ0) is 13.9. The topological polar surface area (TPSA) is 60.2 Å². The highest BCUT2D eigenvalue weighted by Crippen LogP contribution is 2.26. The Morgan fingerprint density at radius 1 is 1.21 bits per heavy atom. The van der Waals surface area contributed by atoms with Crippen molar-refractivity contribution in [1.29, 1.82) is 0 Å². The van der Waals surface area contributed by atoms with E-state index >= 15 is 0 Å². The van der Waals surface area contributed by atoms with Gasteiger partial charge < -0.3 is 5.73 Å². The molecule has 1 fully saturated rings. The fourth-order valence-corrected chi connectivity index (χ4v) is 4.58. The van der Waals surface area contributed by atoms with Gasteiger partial charge in [0.1, 0.15) is 5.82 Å². The molecule has 0 aliphatic heterocycles. The predicted molar refractivity (Wildman–Crippen MR) is 73.8 cm³/mol. The fraction of sp³-hybridized carbons (Fsp3) is 0.571. The van der Waals surface area contributed by atoms with Crippen LogP contribution in [0.5, 0.6) is 0 Å². The zero-order valence-corrected chi connectivity index (χ0v) is 11.8. The molecule has 19 heavy (non-hydrogen) atoms. The lowest BCUT2D eigenvalue weighted by Gasteiger charge is -2.21. The molecule has 1 aromatic carbocycles. The predicted octanol–water partition coefficient (Wildman–Crippen LogP) is 2.53. The second-order valence-corrected chi connectivity index (χ2v) is 7.48. The van der Waals surface area contributed by atoms with Crippen LogP contribution < -0.4 is 5.73 Å². The SMILES string of the molecule is NCc1cc(CS(=O)(=O)C2CCCCC2)ccc1F. The Morgan fingerprint density at radius 3 is 2.53 bits per heavy atom. The lowest BCUT2D eigenvalue weighted by molar-refractivity contribution is 0.483. The van der Waals surface area contributed by atoms with Crippen molar-refractivity contribution < 1.29 is 12.8 Å². The molecule has 0 bridgehead atoms. The second kappa shape index (κ2) is 6.01. The van der Waals surface area contributed by atoms with Gasteiger partial charge in [-0.25, -0.2) is 12.8 Å². The minimum absolute atomic E-state index is 0.00898. The number of halogens is 1. The third-order valence-electron chi connectivity index (χ3n) is 3.76. The number of sulfone groups is 1. The molecule has 1 aliphatic rings. The summed E-state index contributed by atoms with van der Waals surface area (Å²) in [6.45, 7) is 0.0865. The molecule has 1 aromatic rings. The molecular formula is C14H20FNO2S. The van der Waals surface area contributed by atoms with E-state index < -0.39 is 9.84 Å². The Balaban J connectivity index is 2.15. The molecule has 3 nitrogen and oxygen atoms in total. The van der Waals surface area contributed by atoms with E-state index in [1.807, 2.05) is 0 Å². The van der Waals surface area contributed by atoms with Gasteiger partial charge in [-0.15, -0.1) is 0 Å². The Bertz CT molecular complexity index is 536. The molecule has 0 heterocycles. The van der Waals surface area contributed by atoms with Crippen LogP contribution in [-0.4, -0.2) is 13.7 Å². The molecule has 106 valence electrons. The van der Waals surface area contributed by atoms with Crippen molar-refractivity contribution in [3.63, 3.8) is 0 Å². The summed E-state index contributed by atoms with van der Waals surface area (Å²) >= 11 is 0. The molecule has 0 spiro atoms. The van der Waals surface area contributed by atoms with Gasteiger partial charge in [-0.05, 0) is 24.5 Å². The van der Waals surface area contributed by atoms with Crippen molar-refractivity contribution in [2.75, 3.05) is 0 Å². The minimum atomic E-state index is -3.14. The van der Waals surface area contributed by atoms with Crippen LogP contribution in [0.15, 0.2) is 18.2 Å². The lowest BCUT2D eigenvalue weighted by atomic mass is 10.0. The van der Waals surface area contributed by atoms with E-state index in [2.05, 4.69) is 0 Å². The first-order valence-electron chi connectivity index (χ1n) is 6.72. The number of hydrogen-bond acceptors (Lipinski definition) is 3. The van der Waals surface area contributed by atoms with Crippen molar-refractivity contribution in [1.82, 2.24) is 0 Å². The normalized spacial score (nSPS) is 17.6. The van der Waals surface area contributed by atoms with E-state index in [1.165, 1.54) is 12.1 Å². The third kappa shape index (κ3) is 3.54. The standard InChI is InChI=1S/C14H20FNO2S/c15-14-7-6-11(8-12(14)9-16)10-19(17,18)13-4-2-1-3-5-13/h6-8,13H,1-5,9-10,16H2. The van der Waals surface area contributed by atoms with E-state index in [-0.39, 0.29) is 23.4 Å². The largest absolute Gasteiger partial charge is 0.326 e. The molecule has 2 rings (SSSR count). The first kappa shape index (κ1) is 14.5. The molecule has 0 aromatic heterocycles. The molecule has 0 unspecified atom stereocenters. The minimum Gasteiger partial charge on any atom is -0.326 e. The Hall–Kier alpha value is -0.940. The van der Waals surface area contributed by atoms with Crippen LogP contribution >= 0.6 is 0 Å². The maximum absolute atomic E-state index is 13.3. The smallest absolute Gasteiger partial charge is 0.157 e. The quantitative estimate of drug-likeness (QED) is 0.924. The van der Waals surface area contributed by atoms with Crippen LogP contribution in [0, 0.1) is 5.82 Å². The summed E-state index contributed by atoms with van der Waals surface area (Å²) in [5, 5.41) is -0.229. The molecule has 1 aliphatic carbocycles. The maximum atomic E-state index is 13.3. The summed E-state index contributed by atoms with van der Waals surface area (Å²) in [5.74, 6) is -0.383. The molecule has 1 saturated carbocycles. The number of hydrogen-bond donors (Lipinski definition) is 1. The van der Waals surface area contributed by atoms with Crippen LogP contribution in [0.1, 0.15) is 43.2 Å². The van der Waals surface area contributed by atoms with Gasteiger partial charge in [0.05, 0.1) is 11.0 Å². The number of rotatable bonds is 4. The highest BCUT2D eigenvalue weighted by atomic mass is 32.2. The Morgan fingerprint density at radius 2 is 1.89 bits per heavy atom. The Labute approximate surface area is 113 Å². The fourth-order valence-electron chi connectivity index (χ4n) is 2.65. The highest BCUT2D eigenvalue weighted by molar-refractivity contribution is 7.91. The Kier molecular flexibility index (Phi) is 4.58. The lowest BCUT2D eigenvalue weighted by Crippen LogP contribution is -2.25. The van der Waals surface area contributed by atoms with Gasteiger partial charge in [0.25, 0.3) is 0 Å². The van der Waals surface area contributed by atoms with Crippen LogP contribution in [0.4, 0.5) is 4.39 Å². The van der Waals surface area contributed by atoms with E-state index in [4.69, 9.17) is 5.73 Å². The van der Waals surface area contributed by atoms with Gasteiger partial charge in [-0.2, -0.15) is 0 Å². The summed E-state index contributed by atoms with van der Waals surface area (Å²) in [6.07, 6.45) is 4.61. The molecule has 5 heteroatoms. The summed E-state index contributed by atoms with van der Waals surface area (Å²) in [7, 11) is -3.14. The van der Waals surface area contributed by atoms with Crippen LogP contribution in [0.2, 0.25) is 0 Å². The van der Waals surface area contributed by atoms with Gasteiger partial charge in [0, 0.05) is 12.1 Å². The second-order valence-electron chi connectivity index (χ2n) is 5.20. The average Bonchev–Trinajstić information content (AvgIpc) is 2.42. The molecule has 0 radical (unpaired) electrons. The van der Waals surface area contributed by atoms with Crippen LogP contribution in [0.3, 0.4) is 0 Å². The molecule has 0 saturated heterocycles. The molecule has 0 amide bonds. The first-order valence-corrected chi connectivity index (χ1v) is 8.43. The van der Waals surface area contributed by atoms with Crippen molar-refractivity contribution in [3.8, 4) is 0 Å².